The van der Waals surface area contributed by atoms with Gasteiger partial charge in [0.1, 0.15) is 0 Å². The van der Waals surface area contributed by atoms with Crippen molar-refractivity contribution in [3.8, 4) is 0 Å². The van der Waals surface area contributed by atoms with Gasteiger partial charge in [-0.25, -0.2) is 0 Å². The van der Waals surface area contributed by atoms with Crippen molar-refractivity contribution in [3.05, 3.63) is 0 Å². The Morgan fingerprint density at radius 1 is 1.17 bits per heavy atom. The van der Waals surface area contributed by atoms with Crippen LogP contribution in [0.1, 0.15) is 19.3 Å². The Bertz CT molecular complexity index is 151. The molecular weight excluding hydrogens is 172 g/mol. The van der Waals surface area contributed by atoms with Crippen LogP contribution >= 0.6 is 11.6 Å². The molecule has 0 N–H and O–H groups in total. The lowest BCUT2D eigenvalue weighted by molar-refractivity contribution is 0.0585. The third-order valence-corrected chi connectivity index (χ3v) is 3.43. The lowest BCUT2D eigenvalue weighted by atomic mass is 10.00. The number of piperidine rings is 1. The third-order valence-electron chi connectivity index (χ3n) is 3.09. The van der Waals surface area contributed by atoms with E-state index in [0.29, 0.717) is 6.00 Å². The van der Waals surface area contributed by atoms with Gasteiger partial charge in [0.25, 0.3) is 0 Å². The highest BCUT2D eigenvalue weighted by molar-refractivity contribution is 6.17. The average molecular weight is 189 g/mol. The van der Waals surface area contributed by atoms with Gasteiger partial charge in [-0.1, -0.05) is 6.42 Å². The fraction of sp³-hybridized carbons (Fsp3) is 1.00. The molecule has 2 aliphatic heterocycles. The Morgan fingerprint density at radius 2 is 2.08 bits per heavy atom. The molecule has 0 aliphatic carbocycles. The summed E-state index contributed by atoms with van der Waals surface area (Å²) < 4.78 is 0. The molecule has 0 bridgehead atoms. The molecule has 1 atom stereocenters. The third kappa shape index (κ3) is 1.76. The van der Waals surface area contributed by atoms with Gasteiger partial charge in [0.2, 0.25) is 0 Å². The molecule has 2 fully saturated rings. The number of alkyl halides is 1. The summed E-state index contributed by atoms with van der Waals surface area (Å²) in [5, 5.41) is 0. The second-order valence-electron chi connectivity index (χ2n) is 3.88. The molecule has 2 rings (SSSR count). The zero-order valence-electron chi connectivity index (χ0n) is 7.51. The van der Waals surface area contributed by atoms with Gasteiger partial charge in [-0.2, -0.15) is 0 Å². The standard InChI is InChI=1S/C9H17ClN2/c10-8-11-5-6-12-4-2-1-3-9(12)7-11/h9H,1-8H2. The summed E-state index contributed by atoms with van der Waals surface area (Å²) >= 11 is 5.82. The molecule has 0 radical (unpaired) electrons. The van der Waals surface area contributed by atoms with E-state index in [2.05, 4.69) is 9.80 Å². The van der Waals surface area contributed by atoms with Crippen LogP contribution in [0.25, 0.3) is 0 Å². The fourth-order valence-electron chi connectivity index (χ4n) is 2.33. The zero-order chi connectivity index (χ0) is 8.39. The van der Waals surface area contributed by atoms with Crippen molar-refractivity contribution in [1.29, 1.82) is 0 Å². The molecule has 0 saturated carbocycles. The monoisotopic (exact) mass is 188 g/mol. The summed E-state index contributed by atoms with van der Waals surface area (Å²) in [6.07, 6.45) is 4.20. The molecule has 0 spiro atoms. The van der Waals surface area contributed by atoms with Crippen LogP contribution in [0.15, 0.2) is 0 Å². The summed E-state index contributed by atoms with van der Waals surface area (Å²) in [7, 11) is 0. The molecule has 2 nitrogen and oxygen atoms in total. The average Bonchev–Trinajstić information content (AvgIpc) is 2.17. The molecule has 2 saturated heterocycles. The maximum absolute atomic E-state index is 5.82. The van der Waals surface area contributed by atoms with Gasteiger partial charge in [-0.05, 0) is 19.4 Å². The predicted molar refractivity (Wildman–Crippen MR) is 51.5 cm³/mol. The number of hydrogen-bond acceptors (Lipinski definition) is 2. The molecule has 70 valence electrons. The molecule has 2 heterocycles. The molecule has 12 heavy (non-hydrogen) atoms. The maximum atomic E-state index is 5.82. The SMILES string of the molecule is ClCN1CCN2CCCCC2C1. The van der Waals surface area contributed by atoms with Crippen LogP contribution in [0.5, 0.6) is 0 Å². The van der Waals surface area contributed by atoms with Gasteiger partial charge in [0.15, 0.2) is 0 Å². The van der Waals surface area contributed by atoms with Crippen LogP contribution in [-0.2, 0) is 0 Å². The van der Waals surface area contributed by atoms with E-state index in [1.165, 1.54) is 45.4 Å². The van der Waals surface area contributed by atoms with Gasteiger partial charge < -0.3 is 0 Å². The predicted octanol–water partition coefficient (Wildman–Crippen LogP) is 1.35. The zero-order valence-corrected chi connectivity index (χ0v) is 8.26. The minimum absolute atomic E-state index is 0.713. The second-order valence-corrected chi connectivity index (χ2v) is 4.12. The quantitative estimate of drug-likeness (QED) is 0.453. The maximum Gasteiger partial charge on any atom is 0.0739 e. The minimum atomic E-state index is 0.713. The molecule has 0 aromatic heterocycles. The Kier molecular flexibility index (Phi) is 2.89. The molecule has 0 aromatic carbocycles. The van der Waals surface area contributed by atoms with Crippen LogP contribution < -0.4 is 0 Å². The highest BCUT2D eigenvalue weighted by Crippen LogP contribution is 2.20. The summed E-state index contributed by atoms with van der Waals surface area (Å²) in [6, 6.07) is 1.52. The van der Waals surface area contributed by atoms with E-state index in [9.17, 15) is 0 Å². The largest absolute Gasteiger partial charge is 0.298 e. The first-order chi connectivity index (χ1) is 5.90. The fourth-order valence-corrected chi connectivity index (χ4v) is 2.55. The van der Waals surface area contributed by atoms with E-state index in [-0.39, 0.29) is 0 Å². The summed E-state index contributed by atoms with van der Waals surface area (Å²) in [5.41, 5.74) is 0. The van der Waals surface area contributed by atoms with Crippen molar-refractivity contribution in [3.63, 3.8) is 0 Å². The molecule has 2 aliphatic rings. The number of piperazine rings is 1. The first-order valence-corrected chi connectivity index (χ1v) is 5.46. The van der Waals surface area contributed by atoms with Crippen LogP contribution in [0, 0.1) is 0 Å². The first kappa shape index (κ1) is 8.79. The minimum Gasteiger partial charge on any atom is -0.298 e. The topological polar surface area (TPSA) is 6.48 Å². The highest BCUT2D eigenvalue weighted by atomic mass is 35.5. The molecule has 0 amide bonds. The molecule has 3 heteroatoms. The Labute approximate surface area is 79.5 Å². The number of fused-ring (bicyclic) bond motifs is 1. The lowest BCUT2D eigenvalue weighted by Gasteiger charge is -2.43. The number of halogens is 1. The number of rotatable bonds is 1. The van der Waals surface area contributed by atoms with Crippen LogP contribution in [0.2, 0.25) is 0 Å². The van der Waals surface area contributed by atoms with Crippen molar-refractivity contribution in [1.82, 2.24) is 9.80 Å². The van der Waals surface area contributed by atoms with E-state index in [1.807, 2.05) is 0 Å². The van der Waals surface area contributed by atoms with Gasteiger partial charge in [-0.15, -0.1) is 11.6 Å². The lowest BCUT2D eigenvalue weighted by Crippen LogP contribution is -2.54. The van der Waals surface area contributed by atoms with Crippen LogP contribution in [0.4, 0.5) is 0 Å². The smallest absolute Gasteiger partial charge is 0.0739 e. The summed E-state index contributed by atoms with van der Waals surface area (Å²) in [4.78, 5) is 4.99. The van der Waals surface area contributed by atoms with Crippen molar-refractivity contribution in [2.75, 3.05) is 32.2 Å². The molecular formula is C9H17ClN2. The van der Waals surface area contributed by atoms with Crippen molar-refractivity contribution >= 4 is 11.6 Å². The molecule has 0 aromatic rings. The number of hydrogen-bond donors (Lipinski definition) is 0. The summed E-state index contributed by atoms with van der Waals surface area (Å²) in [6.45, 7) is 4.92. The second kappa shape index (κ2) is 3.95. The van der Waals surface area contributed by atoms with Gasteiger partial charge in [0, 0.05) is 25.7 Å². The van der Waals surface area contributed by atoms with Gasteiger partial charge >= 0.3 is 0 Å². The van der Waals surface area contributed by atoms with Crippen LogP contribution in [0.3, 0.4) is 0 Å². The van der Waals surface area contributed by atoms with Crippen molar-refractivity contribution < 1.29 is 0 Å². The molecule has 1 unspecified atom stereocenters. The van der Waals surface area contributed by atoms with Gasteiger partial charge in [-0.3, -0.25) is 9.80 Å². The Morgan fingerprint density at radius 3 is 2.92 bits per heavy atom. The van der Waals surface area contributed by atoms with E-state index < -0.39 is 0 Å². The van der Waals surface area contributed by atoms with E-state index in [0.717, 1.165) is 6.04 Å². The Hall–Kier alpha value is 0.210. The van der Waals surface area contributed by atoms with Gasteiger partial charge in [0.05, 0.1) is 6.00 Å². The normalized spacial score (nSPS) is 33.2. The van der Waals surface area contributed by atoms with E-state index in [4.69, 9.17) is 11.6 Å². The highest BCUT2D eigenvalue weighted by Gasteiger charge is 2.27. The first-order valence-electron chi connectivity index (χ1n) is 4.92. The van der Waals surface area contributed by atoms with Crippen molar-refractivity contribution in [2.45, 2.75) is 25.3 Å². The van der Waals surface area contributed by atoms with Crippen LogP contribution in [-0.4, -0.2) is 48.0 Å². The van der Waals surface area contributed by atoms with E-state index >= 15 is 0 Å². The summed E-state index contributed by atoms with van der Waals surface area (Å²) in [5.74, 6) is 0. The van der Waals surface area contributed by atoms with Crippen molar-refractivity contribution in [2.24, 2.45) is 0 Å². The number of nitrogens with zero attached hydrogens (tertiary/aromatic N) is 2. The Balaban J connectivity index is 1.90. The van der Waals surface area contributed by atoms with E-state index in [1.54, 1.807) is 0 Å².